The van der Waals surface area contributed by atoms with Gasteiger partial charge in [-0.15, -0.1) is 11.8 Å². The molecule has 0 fully saturated rings. The summed E-state index contributed by atoms with van der Waals surface area (Å²) < 4.78 is 40.0. The van der Waals surface area contributed by atoms with Crippen LogP contribution in [0.15, 0.2) is 35.5 Å². The van der Waals surface area contributed by atoms with Gasteiger partial charge < -0.3 is 4.57 Å². The molecule has 1 aromatic carbocycles. The van der Waals surface area contributed by atoms with Crippen LogP contribution in [0.2, 0.25) is 5.15 Å². The molecule has 0 amide bonds. The van der Waals surface area contributed by atoms with Crippen molar-refractivity contribution < 1.29 is 13.2 Å². The maximum Gasteiger partial charge on any atom is 0.451 e. The van der Waals surface area contributed by atoms with Crippen molar-refractivity contribution in [3.8, 4) is 0 Å². The lowest BCUT2D eigenvalue weighted by Crippen LogP contribution is -2.12. The van der Waals surface area contributed by atoms with Crippen LogP contribution >= 0.6 is 23.4 Å². The topological polar surface area (TPSA) is 43.6 Å². The van der Waals surface area contributed by atoms with Gasteiger partial charge in [-0.25, -0.2) is 15.0 Å². The molecule has 0 N–H and O–H groups in total. The number of fused-ring (bicyclic) bond motifs is 1. The predicted molar refractivity (Wildman–Crippen MR) is 82.7 cm³/mol. The van der Waals surface area contributed by atoms with Crippen molar-refractivity contribution in [3.05, 3.63) is 47.1 Å². The van der Waals surface area contributed by atoms with Gasteiger partial charge >= 0.3 is 6.18 Å². The summed E-state index contributed by atoms with van der Waals surface area (Å²) in [5.74, 6) is -1.27. The van der Waals surface area contributed by atoms with Crippen molar-refractivity contribution in [2.24, 2.45) is 0 Å². The summed E-state index contributed by atoms with van der Waals surface area (Å²) >= 11 is 7.41. The lowest BCUT2D eigenvalue weighted by Gasteiger charge is -2.08. The van der Waals surface area contributed by atoms with Gasteiger partial charge in [0, 0.05) is 4.90 Å². The Labute approximate surface area is 138 Å². The molecule has 0 aliphatic carbocycles. The number of nitrogens with zero attached hydrogens (tertiary/aromatic N) is 4. The van der Waals surface area contributed by atoms with E-state index in [1.54, 1.807) is 11.8 Å². The highest BCUT2D eigenvalue weighted by molar-refractivity contribution is 7.98. The minimum Gasteiger partial charge on any atom is -0.311 e. The molecule has 0 atom stereocenters. The van der Waals surface area contributed by atoms with Crippen LogP contribution in [0.25, 0.3) is 11.2 Å². The average Bonchev–Trinajstić information content (AvgIpc) is 2.91. The van der Waals surface area contributed by atoms with Crippen LogP contribution < -0.4 is 0 Å². The normalized spacial score (nSPS) is 12.0. The molecular weight excluding hydrogens is 349 g/mol. The highest BCUT2D eigenvalue weighted by Gasteiger charge is 2.36. The second-order valence-electron chi connectivity index (χ2n) is 4.73. The van der Waals surface area contributed by atoms with Crippen LogP contribution in [0.1, 0.15) is 11.4 Å². The number of aromatic nitrogens is 4. The molecule has 9 heteroatoms. The Morgan fingerprint density at radius 2 is 1.87 bits per heavy atom. The number of hydrogen-bond acceptors (Lipinski definition) is 4. The SMILES string of the molecule is CSc1ccc(Cn2cnc3c(Cl)nc(C(F)(F)F)nc32)cc1. The van der Waals surface area contributed by atoms with Gasteiger partial charge in [-0.1, -0.05) is 23.7 Å². The molecule has 23 heavy (non-hydrogen) atoms. The van der Waals surface area contributed by atoms with Crippen molar-refractivity contribution in [1.29, 1.82) is 0 Å². The first-order valence-electron chi connectivity index (χ1n) is 6.47. The summed E-state index contributed by atoms with van der Waals surface area (Å²) in [6.45, 7) is 0.343. The van der Waals surface area contributed by atoms with Crippen LogP contribution in [0.4, 0.5) is 13.2 Å². The number of halogens is 4. The molecule has 0 unspecified atom stereocenters. The second kappa shape index (κ2) is 6.01. The average molecular weight is 359 g/mol. The first-order valence-corrected chi connectivity index (χ1v) is 8.07. The third-order valence-corrected chi connectivity index (χ3v) is 4.19. The summed E-state index contributed by atoms with van der Waals surface area (Å²) in [5.41, 5.74) is 1.14. The summed E-state index contributed by atoms with van der Waals surface area (Å²) in [6.07, 6.45) is -1.28. The van der Waals surface area contributed by atoms with Gasteiger partial charge in [0.05, 0.1) is 12.9 Å². The Morgan fingerprint density at radius 3 is 2.48 bits per heavy atom. The third-order valence-electron chi connectivity index (χ3n) is 3.19. The number of rotatable bonds is 3. The van der Waals surface area contributed by atoms with Crippen molar-refractivity contribution in [2.75, 3.05) is 6.26 Å². The van der Waals surface area contributed by atoms with E-state index >= 15 is 0 Å². The molecule has 120 valence electrons. The molecule has 0 aliphatic rings. The number of hydrogen-bond donors (Lipinski definition) is 0. The summed E-state index contributed by atoms with van der Waals surface area (Å²) in [5, 5.41) is -0.307. The van der Waals surface area contributed by atoms with Crippen LogP contribution in [-0.4, -0.2) is 25.8 Å². The van der Waals surface area contributed by atoms with E-state index < -0.39 is 12.0 Å². The smallest absolute Gasteiger partial charge is 0.311 e. The van der Waals surface area contributed by atoms with Crippen LogP contribution in [0, 0.1) is 0 Å². The Bertz CT molecular complexity index is 846. The van der Waals surface area contributed by atoms with Gasteiger partial charge in [-0.05, 0) is 24.0 Å². The Kier molecular flexibility index (Phi) is 4.20. The van der Waals surface area contributed by atoms with E-state index in [9.17, 15) is 13.2 Å². The standard InChI is InChI=1S/C14H10ClF3N4S/c1-23-9-4-2-8(3-5-9)6-22-7-19-10-11(15)20-13(14(16,17)18)21-12(10)22/h2-5,7H,6H2,1H3. The molecule has 2 aromatic heterocycles. The molecule has 3 aromatic rings. The summed E-state index contributed by atoms with van der Waals surface area (Å²) in [4.78, 5) is 12.0. The molecule has 0 aliphatic heterocycles. The van der Waals surface area contributed by atoms with E-state index in [1.807, 2.05) is 30.5 Å². The van der Waals surface area contributed by atoms with E-state index in [0.29, 0.717) is 6.54 Å². The highest BCUT2D eigenvalue weighted by Crippen LogP contribution is 2.29. The molecule has 4 nitrogen and oxygen atoms in total. The Balaban J connectivity index is 2.02. The van der Waals surface area contributed by atoms with Crippen molar-refractivity contribution in [3.63, 3.8) is 0 Å². The van der Waals surface area contributed by atoms with E-state index in [-0.39, 0.29) is 16.3 Å². The van der Waals surface area contributed by atoms with Gasteiger partial charge in [0.15, 0.2) is 10.8 Å². The molecule has 2 heterocycles. The van der Waals surface area contributed by atoms with E-state index in [2.05, 4.69) is 15.0 Å². The summed E-state index contributed by atoms with van der Waals surface area (Å²) in [6, 6.07) is 7.71. The fourth-order valence-corrected chi connectivity index (χ4v) is 2.70. The molecule has 3 rings (SSSR count). The zero-order chi connectivity index (χ0) is 16.6. The van der Waals surface area contributed by atoms with Gasteiger partial charge in [-0.3, -0.25) is 0 Å². The summed E-state index contributed by atoms with van der Waals surface area (Å²) in [7, 11) is 0. The van der Waals surface area contributed by atoms with Crippen LogP contribution in [0.3, 0.4) is 0 Å². The number of imidazole rings is 1. The lowest BCUT2D eigenvalue weighted by atomic mass is 10.2. The second-order valence-corrected chi connectivity index (χ2v) is 5.97. The van der Waals surface area contributed by atoms with Crippen molar-refractivity contribution >= 4 is 34.5 Å². The maximum atomic E-state index is 12.8. The largest absolute Gasteiger partial charge is 0.451 e. The fourth-order valence-electron chi connectivity index (χ4n) is 2.08. The van der Waals surface area contributed by atoms with E-state index in [1.165, 1.54) is 10.9 Å². The first-order chi connectivity index (χ1) is 10.9. The zero-order valence-corrected chi connectivity index (χ0v) is 13.4. The van der Waals surface area contributed by atoms with Crippen LogP contribution in [0.5, 0.6) is 0 Å². The maximum absolute atomic E-state index is 12.8. The number of benzene rings is 1. The molecule has 0 radical (unpaired) electrons. The van der Waals surface area contributed by atoms with Gasteiger partial charge in [-0.2, -0.15) is 13.2 Å². The van der Waals surface area contributed by atoms with Gasteiger partial charge in [0.1, 0.15) is 5.52 Å². The minimum atomic E-state index is -4.66. The molecule has 0 saturated carbocycles. The highest BCUT2D eigenvalue weighted by atomic mass is 35.5. The van der Waals surface area contributed by atoms with Crippen LogP contribution in [-0.2, 0) is 12.7 Å². The van der Waals surface area contributed by atoms with Gasteiger partial charge in [0.2, 0.25) is 5.82 Å². The minimum absolute atomic E-state index is 0.0614. The fraction of sp³-hybridized carbons (Fsp3) is 0.214. The third kappa shape index (κ3) is 3.28. The first kappa shape index (κ1) is 16.1. The Hall–Kier alpha value is -1.80. The van der Waals surface area contributed by atoms with Crippen molar-refractivity contribution in [1.82, 2.24) is 19.5 Å². The molecule has 0 bridgehead atoms. The van der Waals surface area contributed by atoms with E-state index in [0.717, 1.165) is 10.5 Å². The van der Waals surface area contributed by atoms with Gasteiger partial charge in [0.25, 0.3) is 0 Å². The van der Waals surface area contributed by atoms with Crippen molar-refractivity contribution in [2.45, 2.75) is 17.6 Å². The quantitative estimate of drug-likeness (QED) is 0.518. The molecule has 0 spiro atoms. The lowest BCUT2D eigenvalue weighted by molar-refractivity contribution is -0.144. The zero-order valence-electron chi connectivity index (χ0n) is 11.8. The molecular formula is C14H10ClF3N4S. The molecule has 0 saturated heterocycles. The monoisotopic (exact) mass is 358 g/mol. The number of alkyl halides is 3. The predicted octanol–water partition coefficient (Wildman–Crippen LogP) is 4.27. The van der Waals surface area contributed by atoms with E-state index in [4.69, 9.17) is 11.6 Å². The number of thioether (sulfide) groups is 1. The Morgan fingerprint density at radius 1 is 1.17 bits per heavy atom.